The molecule has 1 aliphatic heterocycles. The van der Waals surface area contributed by atoms with Gasteiger partial charge in [-0.3, -0.25) is 9.59 Å². The van der Waals surface area contributed by atoms with Crippen LogP contribution in [0.5, 0.6) is 5.75 Å². The summed E-state index contributed by atoms with van der Waals surface area (Å²) in [5.74, 6) is 2.83. The Kier molecular flexibility index (Phi) is 8.20. The number of furan rings is 1. The number of piperidine rings is 1. The third-order valence-electron chi connectivity index (χ3n) is 10.3. The second-order valence-electron chi connectivity index (χ2n) is 14.5. The number of carbonyl (C=O) groups excluding carboxylic acids is 2. The third kappa shape index (κ3) is 6.55. The van der Waals surface area contributed by atoms with Crippen LogP contribution in [0, 0.1) is 17.3 Å². The van der Waals surface area contributed by atoms with Gasteiger partial charge in [0, 0.05) is 48.4 Å². The van der Waals surface area contributed by atoms with Gasteiger partial charge in [0.05, 0.1) is 17.4 Å². The maximum Gasteiger partial charge on any atom is 0.267 e. The summed E-state index contributed by atoms with van der Waals surface area (Å²) in [6.45, 7) is 12.2. The minimum Gasteiger partial charge on any atom is -0.488 e. The largest absolute Gasteiger partial charge is 0.488 e. The lowest BCUT2D eigenvalue weighted by Gasteiger charge is -2.40. The summed E-state index contributed by atoms with van der Waals surface area (Å²) >= 11 is 0. The Bertz CT molecular complexity index is 1480. The van der Waals surface area contributed by atoms with Crippen LogP contribution in [0.2, 0.25) is 0 Å². The number of ketones is 1. The van der Waals surface area contributed by atoms with Crippen LogP contribution < -0.4 is 10.1 Å². The first-order valence-electron chi connectivity index (χ1n) is 16.1. The molecule has 2 atom stereocenters. The summed E-state index contributed by atoms with van der Waals surface area (Å²) in [6.07, 6.45) is 7.87. The van der Waals surface area contributed by atoms with Gasteiger partial charge in [0.15, 0.2) is 5.78 Å². The molecule has 2 aliphatic carbocycles. The number of Topliss-reactive ketones (excluding diaryl/α,β-unsaturated/α-hetero) is 1. The highest BCUT2D eigenvalue weighted by Gasteiger charge is 2.36. The summed E-state index contributed by atoms with van der Waals surface area (Å²) in [7, 11) is 0. The molecule has 0 bridgehead atoms. The first kappa shape index (κ1) is 29.9. The first-order valence-corrected chi connectivity index (χ1v) is 16.1. The van der Waals surface area contributed by atoms with Gasteiger partial charge >= 0.3 is 0 Å². The van der Waals surface area contributed by atoms with Crippen molar-refractivity contribution in [1.29, 1.82) is 0 Å². The predicted molar refractivity (Wildman–Crippen MR) is 166 cm³/mol. The molecular weight excluding hydrogens is 542 g/mol. The number of amides is 1. The molecular formula is C35H47N3O5. The topological polar surface area (TPSA) is 108 Å². The Balaban J connectivity index is 1.04. The van der Waals surface area contributed by atoms with Crippen LogP contribution in [-0.4, -0.2) is 58.0 Å². The molecule has 1 saturated carbocycles. The van der Waals surface area contributed by atoms with Crippen molar-refractivity contribution < 1.29 is 23.8 Å². The molecule has 3 aromatic rings. The molecule has 1 aromatic carbocycles. The molecule has 0 unspecified atom stereocenters. The van der Waals surface area contributed by atoms with E-state index in [1.54, 1.807) is 6.26 Å². The van der Waals surface area contributed by atoms with Crippen molar-refractivity contribution in [1.82, 2.24) is 15.2 Å². The van der Waals surface area contributed by atoms with Gasteiger partial charge in [0.25, 0.3) is 5.91 Å². The molecule has 43 heavy (non-hydrogen) atoms. The number of benzene rings is 1. The van der Waals surface area contributed by atoms with E-state index in [2.05, 4.69) is 42.9 Å². The van der Waals surface area contributed by atoms with Crippen LogP contribution in [0.4, 0.5) is 0 Å². The average molecular weight is 590 g/mol. The fourth-order valence-electron chi connectivity index (χ4n) is 7.29. The predicted octanol–water partition coefficient (Wildman–Crippen LogP) is 6.27. The van der Waals surface area contributed by atoms with E-state index in [1.165, 1.54) is 6.42 Å². The fraction of sp³-hybridized carbons (Fsp3) is 0.600. The van der Waals surface area contributed by atoms with E-state index in [0.717, 1.165) is 73.5 Å². The van der Waals surface area contributed by atoms with Crippen molar-refractivity contribution in [2.75, 3.05) is 19.6 Å². The fourth-order valence-corrected chi connectivity index (χ4v) is 7.29. The minimum atomic E-state index is -0.643. The average Bonchev–Trinajstić information content (AvgIpc) is 3.58. The van der Waals surface area contributed by atoms with Crippen LogP contribution in [0.15, 0.2) is 34.9 Å². The molecule has 3 heterocycles. The smallest absolute Gasteiger partial charge is 0.267 e. The highest BCUT2D eigenvalue weighted by atomic mass is 16.5. The summed E-state index contributed by atoms with van der Waals surface area (Å²) in [6, 6.07) is 7.57. The van der Waals surface area contributed by atoms with Gasteiger partial charge in [-0.1, -0.05) is 33.8 Å². The highest BCUT2D eigenvalue weighted by molar-refractivity contribution is 6.00. The van der Waals surface area contributed by atoms with E-state index >= 15 is 0 Å². The Morgan fingerprint density at radius 2 is 1.95 bits per heavy atom. The van der Waals surface area contributed by atoms with Crippen molar-refractivity contribution in [3.8, 4) is 5.75 Å². The van der Waals surface area contributed by atoms with Crippen LogP contribution in [0.3, 0.4) is 0 Å². The summed E-state index contributed by atoms with van der Waals surface area (Å²) < 4.78 is 11.9. The molecule has 1 saturated heterocycles. The van der Waals surface area contributed by atoms with Gasteiger partial charge in [-0.15, -0.1) is 0 Å². The number of aliphatic hydroxyl groups is 1. The van der Waals surface area contributed by atoms with Gasteiger partial charge in [0.2, 0.25) is 0 Å². The lowest BCUT2D eigenvalue weighted by molar-refractivity contribution is -0.0216. The van der Waals surface area contributed by atoms with E-state index in [4.69, 9.17) is 9.15 Å². The standard InChI is InChI=1S/C35H47N3O5/c1-22-10-14-38(19-23(22)2)15-13-35(41)11-8-25(9-12-35)36-33(40)28-16-26-27(37-28)6-5-7-30(26)42-20-24-21-43-31-18-34(3,4)17-29(39)32(24)31/h5-7,16,21-23,25,37,41H,8-15,17-20H2,1-4H3,(H,36,40)/t22-,23-,25-,35+/m0/s1. The minimum absolute atomic E-state index is 0.0422. The number of aromatic amines is 1. The zero-order valence-corrected chi connectivity index (χ0v) is 26.1. The number of fused-ring (bicyclic) bond motifs is 2. The molecule has 8 nitrogen and oxygen atoms in total. The zero-order valence-electron chi connectivity index (χ0n) is 26.1. The molecule has 232 valence electrons. The number of aromatic nitrogens is 1. The maximum absolute atomic E-state index is 13.2. The first-order chi connectivity index (χ1) is 20.5. The number of nitrogens with one attached hydrogen (secondary N) is 2. The molecule has 0 radical (unpaired) electrons. The molecule has 0 spiro atoms. The number of hydrogen-bond acceptors (Lipinski definition) is 6. The quantitative estimate of drug-likeness (QED) is 0.286. The number of nitrogens with zero attached hydrogens (tertiary/aromatic N) is 1. The number of carbonyl (C=O) groups is 2. The highest BCUT2D eigenvalue weighted by Crippen LogP contribution is 2.38. The van der Waals surface area contributed by atoms with Gasteiger partial charge < -0.3 is 29.5 Å². The molecule has 6 rings (SSSR count). The monoisotopic (exact) mass is 589 g/mol. The number of ether oxygens (including phenoxy) is 1. The van der Waals surface area contributed by atoms with Gasteiger partial charge in [-0.05, 0) is 80.5 Å². The van der Waals surface area contributed by atoms with Gasteiger partial charge in [-0.25, -0.2) is 0 Å². The normalized spacial score (nSPS) is 27.7. The third-order valence-corrected chi connectivity index (χ3v) is 10.3. The second kappa shape index (κ2) is 11.8. The molecule has 2 aromatic heterocycles. The molecule has 3 aliphatic rings. The molecule has 3 N–H and O–H groups in total. The van der Waals surface area contributed by atoms with Crippen molar-refractivity contribution in [3.63, 3.8) is 0 Å². The van der Waals surface area contributed by atoms with E-state index in [-0.39, 0.29) is 29.8 Å². The summed E-state index contributed by atoms with van der Waals surface area (Å²) in [5, 5.41) is 15.3. The summed E-state index contributed by atoms with van der Waals surface area (Å²) in [5.41, 5.74) is 1.98. The van der Waals surface area contributed by atoms with Crippen molar-refractivity contribution in [2.45, 2.75) is 97.3 Å². The lowest BCUT2D eigenvalue weighted by Crippen LogP contribution is -2.46. The Morgan fingerprint density at radius 3 is 2.72 bits per heavy atom. The van der Waals surface area contributed by atoms with Crippen molar-refractivity contribution in [3.05, 3.63) is 53.1 Å². The second-order valence-corrected chi connectivity index (χ2v) is 14.5. The molecule has 8 heteroatoms. The van der Waals surface area contributed by atoms with Crippen molar-refractivity contribution >= 4 is 22.6 Å². The maximum atomic E-state index is 13.2. The Hall–Kier alpha value is -3.10. The Labute approximate surface area is 254 Å². The van der Waals surface area contributed by atoms with E-state index < -0.39 is 5.60 Å². The molecule has 1 amide bonds. The van der Waals surface area contributed by atoms with E-state index in [0.29, 0.717) is 42.2 Å². The van der Waals surface area contributed by atoms with E-state index in [9.17, 15) is 14.7 Å². The lowest BCUT2D eigenvalue weighted by atomic mass is 9.76. The van der Waals surface area contributed by atoms with Crippen molar-refractivity contribution in [2.24, 2.45) is 17.3 Å². The Morgan fingerprint density at radius 1 is 1.16 bits per heavy atom. The van der Waals surface area contributed by atoms with Crippen LogP contribution in [-0.2, 0) is 13.0 Å². The van der Waals surface area contributed by atoms with Crippen LogP contribution in [0.1, 0.15) is 105 Å². The SMILES string of the molecule is C[C@H]1CCN(CC[C@]2(O)CC[C@@H](NC(=O)c3cc4c(OCc5coc6c5C(=O)CC(C)(C)C6)cccc4[nH]3)CC2)C[C@@H]1C. The van der Waals surface area contributed by atoms with Gasteiger partial charge in [-0.2, -0.15) is 0 Å². The van der Waals surface area contributed by atoms with E-state index in [1.807, 2.05) is 24.3 Å². The van der Waals surface area contributed by atoms with Gasteiger partial charge in [0.1, 0.15) is 23.8 Å². The number of likely N-dealkylation sites (tertiary alicyclic amines) is 1. The summed E-state index contributed by atoms with van der Waals surface area (Å²) in [4.78, 5) is 31.8. The zero-order chi connectivity index (χ0) is 30.4. The number of hydrogen-bond donors (Lipinski definition) is 3. The van der Waals surface area contributed by atoms with Crippen LogP contribution in [0.25, 0.3) is 10.9 Å². The number of H-pyrrole nitrogens is 1. The number of rotatable bonds is 8. The van der Waals surface area contributed by atoms with Crippen LogP contribution >= 0.6 is 0 Å². The molecule has 2 fully saturated rings.